The highest BCUT2D eigenvalue weighted by molar-refractivity contribution is 9.10. The van der Waals surface area contributed by atoms with E-state index in [1.165, 1.54) is 0 Å². The van der Waals surface area contributed by atoms with Crippen LogP contribution in [0, 0.1) is 0 Å². The van der Waals surface area contributed by atoms with Crippen molar-refractivity contribution in [2.45, 2.75) is 6.61 Å². The first kappa shape index (κ1) is 9.43. The molecule has 1 aromatic carbocycles. The molecule has 0 aliphatic rings. The Balaban J connectivity index is 2.34. The monoisotopic (exact) mass is 252 g/mol. The largest absolute Gasteiger partial charge is 0.388 e. The van der Waals surface area contributed by atoms with Crippen molar-refractivity contribution in [2.24, 2.45) is 0 Å². The molecule has 0 spiro atoms. The molecule has 3 nitrogen and oxygen atoms in total. The Morgan fingerprint density at radius 3 is 2.57 bits per heavy atom. The number of H-pyrrole nitrogens is 1. The van der Waals surface area contributed by atoms with E-state index < -0.39 is 0 Å². The minimum absolute atomic E-state index is 0.0590. The molecule has 0 unspecified atom stereocenters. The molecular weight excluding hydrogens is 244 g/mol. The van der Waals surface area contributed by atoms with Gasteiger partial charge in [-0.3, -0.25) is 0 Å². The second-order valence-corrected chi connectivity index (χ2v) is 3.82. The quantitative estimate of drug-likeness (QED) is 0.862. The first-order valence-corrected chi connectivity index (χ1v) is 4.99. The van der Waals surface area contributed by atoms with Crippen LogP contribution in [0.3, 0.4) is 0 Å². The van der Waals surface area contributed by atoms with E-state index in [4.69, 9.17) is 5.11 Å². The molecule has 0 bridgehead atoms. The fourth-order valence-electron chi connectivity index (χ4n) is 1.22. The molecular formula is C10H9BrN2O. The van der Waals surface area contributed by atoms with Gasteiger partial charge in [0.2, 0.25) is 0 Å². The van der Waals surface area contributed by atoms with E-state index in [1.807, 2.05) is 24.3 Å². The molecule has 0 aliphatic carbocycles. The van der Waals surface area contributed by atoms with Crippen LogP contribution in [0.15, 0.2) is 34.9 Å². The standard InChI is InChI=1S/C10H9BrN2O/c11-8-3-1-7(2-4-8)9-5-12-10(6-14)13-9/h1-5,14H,6H2,(H,12,13). The molecule has 4 heteroatoms. The molecule has 0 amide bonds. The lowest BCUT2D eigenvalue weighted by atomic mass is 10.2. The number of aromatic amines is 1. The van der Waals surface area contributed by atoms with Gasteiger partial charge in [-0.15, -0.1) is 0 Å². The van der Waals surface area contributed by atoms with Crippen molar-refractivity contribution in [2.75, 3.05) is 0 Å². The number of halogens is 1. The molecule has 1 aromatic heterocycles. The Bertz CT molecular complexity index is 422. The third-order valence-electron chi connectivity index (χ3n) is 1.93. The molecule has 72 valence electrons. The van der Waals surface area contributed by atoms with Gasteiger partial charge in [-0.2, -0.15) is 0 Å². The van der Waals surface area contributed by atoms with Crippen LogP contribution < -0.4 is 0 Å². The zero-order valence-electron chi connectivity index (χ0n) is 7.37. The number of benzene rings is 1. The summed E-state index contributed by atoms with van der Waals surface area (Å²) in [6.45, 7) is -0.0590. The van der Waals surface area contributed by atoms with Crippen molar-refractivity contribution in [3.63, 3.8) is 0 Å². The van der Waals surface area contributed by atoms with Crippen LogP contribution in [0.1, 0.15) is 5.82 Å². The number of nitrogens with zero attached hydrogens (tertiary/aromatic N) is 1. The van der Waals surface area contributed by atoms with Crippen LogP contribution in [0.4, 0.5) is 0 Å². The predicted octanol–water partition coefficient (Wildman–Crippen LogP) is 2.33. The fraction of sp³-hybridized carbons (Fsp3) is 0.100. The first-order chi connectivity index (χ1) is 6.79. The summed E-state index contributed by atoms with van der Waals surface area (Å²) in [5, 5.41) is 8.84. The molecule has 2 aromatic rings. The third kappa shape index (κ3) is 1.86. The second kappa shape index (κ2) is 3.94. The second-order valence-electron chi connectivity index (χ2n) is 2.91. The Hall–Kier alpha value is -1.13. The molecule has 2 rings (SSSR count). The van der Waals surface area contributed by atoms with Gasteiger partial charge in [0, 0.05) is 4.47 Å². The van der Waals surface area contributed by atoms with Gasteiger partial charge in [0.15, 0.2) is 0 Å². The summed E-state index contributed by atoms with van der Waals surface area (Å²) in [5.41, 5.74) is 1.97. The van der Waals surface area contributed by atoms with E-state index in [9.17, 15) is 0 Å². The highest BCUT2D eigenvalue weighted by atomic mass is 79.9. The van der Waals surface area contributed by atoms with E-state index in [0.717, 1.165) is 15.7 Å². The molecule has 0 radical (unpaired) electrons. The van der Waals surface area contributed by atoms with E-state index in [2.05, 4.69) is 25.9 Å². The molecule has 0 fully saturated rings. The Kier molecular flexibility index (Phi) is 2.65. The van der Waals surface area contributed by atoms with Gasteiger partial charge in [-0.05, 0) is 17.7 Å². The average molecular weight is 253 g/mol. The van der Waals surface area contributed by atoms with Crippen LogP contribution in [0.5, 0.6) is 0 Å². The van der Waals surface area contributed by atoms with E-state index in [0.29, 0.717) is 5.82 Å². The number of imidazole rings is 1. The van der Waals surface area contributed by atoms with Gasteiger partial charge in [0.25, 0.3) is 0 Å². The number of aliphatic hydroxyl groups excluding tert-OH is 1. The van der Waals surface area contributed by atoms with Crippen LogP contribution >= 0.6 is 15.9 Å². The molecule has 0 saturated carbocycles. The Morgan fingerprint density at radius 1 is 1.29 bits per heavy atom. The van der Waals surface area contributed by atoms with Gasteiger partial charge in [0.1, 0.15) is 12.4 Å². The number of nitrogens with one attached hydrogen (secondary N) is 1. The Morgan fingerprint density at radius 2 is 2.00 bits per heavy atom. The smallest absolute Gasteiger partial charge is 0.132 e. The van der Waals surface area contributed by atoms with Crippen molar-refractivity contribution in [3.05, 3.63) is 40.8 Å². The third-order valence-corrected chi connectivity index (χ3v) is 2.46. The van der Waals surface area contributed by atoms with E-state index in [-0.39, 0.29) is 6.61 Å². The number of aliphatic hydroxyl groups is 1. The molecule has 2 N–H and O–H groups in total. The molecule has 1 heterocycles. The van der Waals surface area contributed by atoms with Crippen LogP contribution in [-0.2, 0) is 6.61 Å². The topological polar surface area (TPSA) is 48.9 Å². The van der Waals surface area contributed by atoms with Crippen LogP contribution in [0.25, 0.3) is 11.3 Å². The highest BCUT2D eigenvalue weighted by Gasteiger charge is 2.01. The Labute approximate surface area is 89.9 Å². The number of hydrogen-bond donors (Lipinski definition) is 2. The normalized spacial score (nSPS) is 10.4. The van der Waals surface area contributed by atoms with Crippen molar-refractivity contribution in [3.8, 4) is 11.3 Å². The van der Waals surface area contributed by atoms with Crippen molar-refractivity contribution in [1.82, 2.24) is 9.97 Å². The summed E-state index contributed by atoms with van der Waals surface area (Å²) in [7, 11) is 0. The van der Waals surface area contributed by atoms with Gasteiger partial charge >= 0.3 is 0 Å². The highest BCUT2D eigenvalue weighted by Crippen LogP contribution is 2.19. The lowest BCUT2D eigenvalue weighted by Crippen LogP contribution is -1.84. The fourth-order valence-corrected chi connectivity index (χ4v) is 1.48. The van der Waals surface area contributed by atoms with Crippen LogP contribution in [0.2, 0.25) is 0 Å². The summed E-state index contributed by atoms with van der Waals surface area (Å²) in [4.78, 5) is 7.04. The predicted molar refractivity (Wildman–Crippen MR) is 57.6 cm³/mol. The van der Waals surface area contributed by atoms with Crippen molar-refractivity contribution >= 4 is 15.9 Å². The zero-order valence-corrected chi connectivity index (χ0v) is 8.95. The number of hydrogen-bond acceptors (Lipinski definition) is 2. The maximum absolute atomic E-state index is 8.84. The maximum Gasteiger partial charge on any atom is 0.132 e. The number of aromatic nitrogens is 2. The lowest BCUT2D eigenvalue weighted by molar-refractivity contribution is 0.272. The van der Waals surface area contributed by atoms with Gasteiger partial charge < -0.3 is 10.1 Å². The molecule has 0 saturated heterocycles. The summed E-state index contributed by atoms with van der Waals surface area (Å²) in [5.74, 6) is 0.586. The molecule has 0 atom stereocenters. The van der Waals surface area contributed by atoms with Crippen LogP contribution in [-0.4, -0.2) is 15.1 Å². The first-order valence-electron chi connectivity index (χ1n) is 4.20. The summed E-state index contributed by atoms with van der Waals surface area (Å²) in [6.07, 6.45) is 1.72. The molecule has 14 heavy (non-hydrogen) atoms. The average Bonchev–Trinajstić information content (AvgIpc) is 2.67. The van der Waals surface area contributed by atoms with Gasteiger partial charge in [-0.25, -0.2) is 4.98 Å². The van der Waals surface area contributed by atoms with E-state index in [1.54, 1.807) is 6.20 Å². The summed E-state index contributed by atoms with van der Waals surface area (Å²) in [6, 6.07) is 7.90. The van der Waals surface area contributed by atoms with Crippen molar-refractivity contribution < 1.29 is 5.11 Å². The maximum atomic E-state index is 8.84. The molecule has 0 aliphatic heterocycles. The minimum Gasteiger partial charge on any atom is -0.388 e. The van der Waals surface area contributed by atoms with Gasteiger partial charge in [-0.1, -0.05) is 28.1 Å². The van der Waals surface area contributed by atoms with E-state index >= 15 is 0 Å². The zero-order chi connectivity index (χ0) is 9.97. The van der Waals surface area contributed by atoms with Crippen molar-refractivity contribution in [1.29, 1.82) is 0 Å². The number of rotatable bonds is 2. The van der Waals surface area contributed by atoms with Gasteiger partial charge in [0.05, 0.1) is 11.9 Å². The SMILES string of the molecule is OCc1ncc(-c2ccc(Br)cc2)[nH]1. The summed E-state index contributed by atoms with van der Waals surface area (Å²) >= 11 is 3.37. The summed E-state index contributed by atoms with van der Waals surface area (Å²) < 4.78 is 1.04. The minimum atomic E-state index is -0.0590. The lowest BCUT2D eigenvalue weighted by Gasteiger charge is -1.96.